The predicted molar refractivity (Wildman–Crippen MR) is 77.2 cm³/mol. The minimum Gasteiger partial charge on any atom is -0.348 e. The SMILES string of the molecule is Cc1c(CC(=O)N2CCCC2)c2ccccc2n1C. The van der Waals surface area contributed by atoms with Crippen LogP contribution in [0.3, 0.4) is 0 Å². The molecular weight excluding hydrogens is 236 g/mol. The molecule has 1 saturated heterocycles. The van der Waals surface area contributed by atoms with Gasteiger partial charge in [0.2, 0.25) is 5.91 Å². The molecular formula is C16H20N2O. The number of aromatic nitrogens is 1. The molecule has 0 unspecified atom stereocenters. The Bertz CT molecular complexity index is 621. The van der Waals surface area contributed by atoms with E-state index in [2.05, 4.69) is 30.7 Å². The molecule has 1 fully saturated rings. The summed E-state index contributed by atoms with van der Waals surface area (Å²) in [6, 6.07) is 8.33. The van der Waals surface area contributed by atoms with Crippen LogP contribution in [-0.2, 0) is 18.3 Å². The lowest BCUT2D eigenvalue weighted by atomic mass is 10.1. The van der Waals surface area contributed by atoms with Gasteiger partial charge in [0, 0.05) is 36.7 Å². The lowest BCUT2D eigenvalue weighted by Gasteiger charge is -2.15. The van der Waals surface area contributed by atoms with E-state index in [9.17, 15) is 4.79 Å². The number of carbonyl (C=O) groups excluding carboxylic acids is 1. The Labute approximate surface area is 113 Å². The standard InChI is InChI=1S/C16H20N2O/c1-12-14(11-16(19)18-9-5-6-10-18)13-7-3-4-8-15(13)17(12)2/h3-4,7-8H,5-6,9-11H2,1-2H3. The van der Waals surface area contributed by atoms with Crippen LogP contribution in [0.5, 0.6) is 0 Å². The number of nitrogens with zero attached hydrogens (tertiary/aromatic N) is 2. The highest BCUT2D eigenvalue weighted by atomic mass is 16.2. The molecule has 0 atom stereocenters. The highest BCUT2D eigenvalue weighted by molar-refractivity contribution is 5.90. The zero-order valence-electron chi connectivity index (χ0n) is 11.6. The molecule has 1 aromatic carbocycles. The topological polar surface area (TPSA) is 25.2 Å². The van der Waals surface area contributed by atoms with Crippen molar-refractivity contribution in [2.45, 2.75) is 26.2 Å². The average Bonchev–Trinajstić information content (AvgIpc) is 3.03. The van der Waals surface area contributed by atoms with Crippen LogP contribution in [-0.4, -0.2) is 28.5 Å². The lowest BCUT2D eigenvalue weighted by Crippen LogP contribution is -2.29. The second-order valence-electron chi connectivity index (χ2n) is 5.40. The molecule has 100 valence electrons. The van der Waals surface area contributed by atoms with Crippen molar-refractivity contribution in [1.29, 1.82) is 0 Å². The van der Waals surface area contributed by atoms with Crippen molar-refractivity contribution in [2.24, 2.45) is 7.05 Å². The van der Waals surface area contributed by atoms with Gasteiger partial charge in [-0.3, -0.25) is 4.79 Å². The van der Waals surface area contributed by atoms with Gasteiger partial charge in [-0.1, -0.05) is 18.2 Å². The van der Waals surface area contributed by atoms with Crippen molar-refractivity contribution < 1.29 is 4.79 Å². The van der Waals surface area contributed by atoms with E-state index in [-0.39, 0.29) is 5.91 Å². The molecule has 0 bridgehead atoms. The fourth-order valence-corrected chi connectivity index (χ4v) is 3.05. The minimum absolute atomic E-state index is 0.275. The molecule has 0 aliphatic carbocycles. The maximum atomic E-state index is 12.3. The van der Waals surface area contributed by atoms with Crippen LogP contribution in [0.1, 0.15) is 24.1 Å². The molecule has 19 heavy (non-hydrogen) atoms. The Morgan fingerprint density at radius 2 is 1.89 bits per heavy atom. The van der Waals surface area contributed by atoms with Crippen LogP contribution < -0.4 is 0 Å². The zero-order chi connectivity index (χ0) is 13.4. The van der Waals surface area contributed by atoms with E-state index in [0.29, 0.717) is 6.42 Å². The van der Waals surface area contributed by atoms with Crippen LogP contribution >= 0.6 is 0 Å². The zero-order valence-corrected chi connectivity index (χ0v) is 11.6. The summed E-state index contributed by atoms with van der Waals surface area (Å²) in [5.74, 6) is 0.275. The van der Waals surface area contributed by atoms with E-state index in [0.717, 1.165) is 25.9 Å². The van der Waals surface area contributed by atoms with Crippen LogP contribution in [0.4, 0.5) is 0 Å². The van der Waals surface area contributed by atoms with Gasteiger partial charge in [-0.2, -0.15) is 0 Å². The number of hydrogen-bond acceptors (Lipinski definition) is 1. The molecule has 3 nitrogen and oxygen atoms in total. The molecule has 3 heteroatoms. The van der Waals surface area contributed by atoms with Crippen LogP contribution in [0.15, 0.2) is 24.3 Å². The predicted octanol–water partition coefficient (Wildman–Crippen LogP) is 2.65. The number of benzene rings is 1. The molecule has 1 aliphatic heterocycles. The first-order chi connectivity index (χ1) is 9.18. The van der Waals surface area contributed by atoms with Gasteiger partial charge in [0.05, 0.1) is 6.42 Å². The number of aryl methyl sites for hydroxylation is 1. The van der Waals surface area contributed by atoms with E-state index >= 15 is 0 Å². The van der Waals surface area contributed by atoms with Gasteiger partial charge in [0.1, 0.15) is 0 Å². The monoisotopic (exact) mass is 256 g/mol. The Kier molecular flexibility index (Phi) is 3.05. The maximum absolute atomic E-state index is 12.3. The Morgan fingerprint density at radius 3 is 2.63 bits per heavy atom. The summed E-state index contributed by atoms with van der Waals surface area (Å²) in [4.78, 5) is 14.3. The molecule has 0 spiro atoms. The number of rotatable bonds is 2. The number of para-hydroxylation sites is 1. The maximum Gasteiger partial charge on any atom is 0.227 e. The Hall–Kier alpha value is -1.77. The third-order valence-corrected chi connectivity index (χ3v) is 4.32. The number of carbonyl (C=O) groups is 1. The quantitative estimate of drug-likeness (QED) is 0.811. The fourth-order valence-electron chi connectivity index (χ4n) is 3.05. The fraction of sp³-hybridized carbons (Fsp3) is 0.438. The molecule has 0 radical (unpaired) electrons. The molecule has 1 aromatic heterocycles. The number of likely N-dealkylation sites (tertiary alicyclic amines) is 1. The van der Waals surface area contributed by atoms with Crippen molar-refractivity contribution in [1.82, 2.24) is 9.47 Å². The summed E-state index contributed by atoms with van der Waals surface area (Å²) in [6.45, 7) is 3.97. The first-order valence-corrected chi connectivity index (χ1v) is 6.99. The largest absolute Gasteiger partial charge is 0.348 e. The first-order valence-electron chi connectivity index (χ1n) is 6.99. The summed E-state index contributed by atoms with van der Waals surface area (Å²) >= 11 is 0. The van der Waals surface area contributed by atoms with Gasteiger partial charge >= 0.3 is 0 Å². The first kappa shape index (κ1) is 12.3. The highest BCUT2D eigenvalue weighted by Gasteiger charge is 2.21. The molecule has 2 heterocycles. The highest BCUT2D eigenvalue weighted by Crippen LogP contribution is 2.26. The van der Waals surface area contributed by atoms with Gasteiger partial charge in [-0.15, -0.1) is 0 Å². The third-order valence-electron chi connectivity index (χ3n) is 4.32. The molecule has 1 amide bonds. The van der Waals surface area contributed by atoms with E-state index in [1.807, 2.05) is 17.0 Å². The van der Waals surface area contributed by atoms with Crippen molar-refractivity contribution in [3.8, 4) is 0 Å². The van der Waals surface area contributed by atoms with Gasteiger partial charge in [-0.05, 0) is 31.4 Å². The minimum atomic E-state index is 0.275. The molecule has 0 N–H and O–H groups in total. The van der Waals surface area contributed by atoms with Gasteiger partial charge in [-0.25, -0.2) is 0 Å². The number of amides is 1. The lowest BCUT2D eigenvalue weighted by molar-refractivity contribution is -0.129. The molecule has 0 saturated carbocycles. The average molecular weight is 256 g/mol. The van der Waals surface area contributed by atoms with E-state index in [4.69, 9.17) is 0 Å². The molecule has 2 aromatic rings. The third kappa shape index (κ3) is 2.03. The van der Waals surface area contributed by atoms with Gasteiger partial charge in [0.25, 0.3) is 0 Å². The van der Waals surface area contributed by atoms with Gasteiger partial charge in [0.15, 0.2) is 0 Å². The van der Waals surface area contributed by atoms with Crippen molar-refractivity contribution in [2.75, 3.05) is 13.1 Å². The summed E-state index contributed by atoms with van der Waals surface area (Å²) in [5, 5.41) is 1.22. The van der Waals surface area contributed by atoms with Crippen LogP contribution in [0, 0.1) is 6.92 Å². The second-order valence-corrected chi connectivity index (χ2v) is 5.40. The van der Waals surface area contributed by atoms with Crippen LogP contribution in [0.2, 0.25) is 0 Å². The van der Waals surface area contributed by atoms with Crippen molar-refractivity contribution in [3.63, 3.8) is 0 Å². The van der Waals surface area contributed by atoms with Gasteiger partial charge < -0.3 is 9.47 Å². The summed E-state index contributed by atoms with van der Waals surface area (Å²) in [7, 11) is 2.07. The Morgan fingerprint density at radius 1 is 1.21 bits per heavy atom. The second kappa shape index (κ2) is 4.72. The number of hydrogen-bond donors (Lipinski definition) is 0. The van der Waals surface area contributed by atoms with E-state index in [1.54, 1.807) is 0 Å². The summed E-state index contributed by atoms with van der Waals surface area (Å²) in [5.41, 5.74) is 3.60. The van der Waals surface area contributed by atoms with Crippen molar-refractivity contribution in [3.05, 3.63) is 35.5 Å². The Balaban J connectivity index is 1.96. The normalized spacial score (nSPS) is 15.4. The van der Waals surface area contributed by atoms with Crippen LogP contribution in [0.25, 0.3) is 10.9 Å². The van der Waals surface area contributed by atoms with E-state index in [1.165, 1.54) is 22.2 Å². The van der Waals surface area contributed by atoms with Crippen molar-refractivity contribution >= 4 is 16.8 Å². The molecule has 1 aliphatic rings. The molecule has 3 rings (SSSR count). The smallest absolute Gasteiger partial charge is 0.227 e. The summed E-state index contributed by atoms with van der Waals surface area (Å²) < 4.78 is 2.18. The van der Waals surface area contributed by atoms with E-state index < -0.39 is 0 Å². The number of fused-ring (bicyclic) bond motifs is 1. The summed E-state index contributed by atoms with van der Waals surface area (Å²) in [6.07, 6.45) is 2.84.